The number of benzene rings is 1. The molecule has 1 aromatic heterocycles. The normalized spacial score (nSPS) is 12.6. The van der Waals surface area contributed by atoms with E-state index in [0.717, 1.165) is 29.9 Å². The van der Waals surface area contributed by atoms with Crippen molar-refractivity contribution in [1.82, 2.24) is 9.78 Å². The van der Waals surface area contributed by atoms with Gasteiger partial charge in [-0.1, -0.05) is 50.1 Å². The Morgan fingerprint density at radius 1 is 1.37 bits per heavy atom. The van der Waals surface area contributed by atoms with Crippen molar-refractivity contribution in [3.63, 3.8) is 0 Å². The smallest absolute Gasteiger partial charge is 0.129 e. The first-order valence-corrected chi connectivity index (χ1v) is 6.91. The lowest BCUT2D eigenvalue weighted by Crippen LogP contribution is -2.00. The fraction of sp³-hybridized carbons (Fsp3) is 0.438. The number of nitrogens with two attached hydrogens (primary N) is 1. The summed E-state index contributed by atoms with van der Waals surface area (Å²) in [4.78, 5) is 0. The highest BCUT2D eigenvalue weighted by Gasteiger charge is 2.17. The first-order valence-electron chi connectivity index (χ1n) is 6.91. The van der Waals surface area contributed by atoms with Crippen LogP contribution in [-0.4, -0.2) is 9.78 Å². The average molecular weight is 257 g/mol. The van der Waals surface area contributed by atoms with Gasteiger partial charge in [0.1, 0.15) is 5.82 Å². The molecular formula is C16H23N3. The summed E-state index contributed by atoms with van der Waals surface area (Å²) >= 11 is 0. The summed E-state index contributed by atoms with van der Waals surface area (Å²) < 4.78 is 1.79. The van der Waals surface area contributed by atoms with Crippen LogP contribution >= 0.6 is 0 Å². The second-order valence-corrected chi connectivity index (χ2v) is 5.42. The van der Waals surface area contributed by atoms with E-state index in [9.17, 15) is 0 Å². The molecule has 3 heteroatoms. The van der Waals surface area contributed by atoms with E-state index in [1.54, 1.807) is 4.68 Å². The third-order valence-electron chi connectivity index (χ3n) is 3.71. The minimum atomic E-state index is 0.623. The molecule has 2 N–H and O–H groups in total. The predicted octanol–water partition coefficient (Wildman–Crippen LogP) is 3.57. The van der Waals surface area contributed by atoms with Crippen molar-refractivity contribution in [3.8, 4) is 11.1 Å². The summed E-state index contributed by atoms with van der Waals surface area (Å²) in [5, 5.41) is 4.60. The summed E-state index contributed by atoms with van der Waals surface area (Å²) in [6.45, 7) is 6.57. The molecule has 0 spiro atoms. The van der Waals surface area contributed by atoms with Gasteiger partial charge < -0.3 is 5.73 Å². The maximum Gasteiger partial charge on any atom is 0.129 e. The van der Waals surface area contributed by atoms with Gasteiger partial charge >= 0.3 is 0 Å². The lowest BCUT2D eigenvalue weighted by molar-refractivity contribution is 0.547. The zero-order valence-corrected chi connectivity index (χ0v) is 12.3. The molecule has 0 amide bonds. The minimum Gasteiger partial charge on any atom is -0.383 e. The molecule has 0 radical (unpaired) electrons. The van der Waals surface area contributed by atoms with Gasteiger partial charge in [-0.05, 0) is 24.8 Å². The van der Waals surface area contributed by atoms with Crippen LogP contribution in [0.3, 0.4) is 0 Å². The van der Waals surface area contributed by atoms with Crippen molar-refractivity contribution in [1.29, 1.82) is 0 Å². The molecule has 0 bridgehead atoms. The van der Waals surface area contributed by atoms with Crippen LogP contribution < -0.4 is 5.73 Å². The van der Waals surface area contributed by atoms with Crippen LogP contribution in [0.2, 0.25) is 0 Å². The number of nitrogen functional groups attached to an aromatic ring is 1. The molecule has 102 valence electrons. The van der Waals surface area contributed by atoms with E-state index in [1.165, 1.54) is 11.1 Å². The van der Waals surface area contributed by atoms with E-state index in [4.69, 9.17) is 5.73 Å². The monoisotopic (exact) mass is 257 g/mol. The number of hydrogen-bond acceptors (Lipinski definition) is 2. The largest absolute Gasteiger partial charge is 0.383 e. The zero-order chi connectivity index (χ0) is 14.0. The standard InChI is InChI=1S/C16H23N3/c1-5-11(2)10-14-15(16(17)19(4)18-14)13-8-6-7-12(3)9-13/h6-9,11H,5,10,17H2,1-4H3. The van der Waals surface area contributed by atoms with E-state index in [1.807, 2.05) is 7.05 Å². The molecule has 3 nitrogen and oxygen atoms in total. The van der Waals surface area contributed by atoms with Crippen molar-refractivity contribution in [2.75, 3.05) is 5.73 Å². The Morgan fingerprint density at radius 3 is 2.74 bits per heavy atom. The van der Waals surface area contributed by atoms with Crippen molar-refractivity contribution < 1.29 is 0 Å². The van der Waals surface area contributed by atoms with Gasteiger partial charge in [0.25, 0.3) is 0 Å². The third kappa shape index (κ3) is 2.80. The summed E-state index contributed by atoms with van der Waals surface area (Å²) in [5.41, 5.74) is 10.8. The molecule has 2 aromatic rings. The van der Waals surface area contributed by atoms with Gasteiger partial charge in [0.2, 0.25) is 0 Å². The first kappa shape index (κ1) is 13.7. The number of anilines is 1. The second kappa shape index (κ2) is 5.47. The van der Waals surface area contributed by atoms with Crippen LogP contribution in [-0.2, 0) is 13.5 Å². The molecule has 1 aromatic carbocycles. The number of nitrogens with zero attached hydrogens (tertiary/aromatic N) is 2. The molecule has 0 aliphatic rings. The summed E-state index contributed by atoms with van der Waals surface area (Å²) in [6, 6.07) is 8.46. The fourth-order valence-corrected chi connectivity index (χ4v) is 2.33. The zero-order valence-electron chi connectivity index (χ0n) is 12.3. The van der Waals surface area contributed by atoms with Crippen LogP contribution in [0.5, 0.6) is 0 Å². The van der Waals surface area contributed by atoms with Gasteiger partial charge in [-0.15, -0.1) is 0 Å². The lowest BCUT2D eigenvalue weighted by Gasteiger charge is -2.09. The molecule has 0 aliphatic heterocycles. The number of rotatable bonds is 4. The molecule has 0 fully saturated rings. The topological polar surface area (TPSA) is 43.8 Å². The van der Waals surface area contributed by atoms with Gasteiger partial charge in [-0.25, -0.2) is 0 Å². The van der Waals surface area contributed by atoms with E-state index in [-0.39, 0.29) is 0 Å². The molecule has 0 aliphatic carbocycles. The van der Waals surface area contributed by atoms with Gasteiger partial charge in [0.05, 0.1) is 5.69 Å². The maximum absolute atomic E-state index is 6.20. The predicted molar refractivity (Wildman–Crippen MR) is 81.0 cm³/mol. The van der Waals surface area contributed by atoms with Gasteiger partial charge in [-0.3, -0.25) is 4.68 Å². The fourth-order valence-electron chi connectivity index (χ4n) is 2.33. The Bertz CT molecular complexity index is 569. The number of hydrogen-bond donors (Lipinski definition) is 1. The van der Waals surface area contributed by atoms with Crippen LogP contribution in [0, 0.1) is 12.8 Å². The molecule has 1 heterocycles. The SMILES string of the molecule is CCC(C)Cc1nn(C)c(N)c1-c1cccc(C)c1. The van der Waals surface area contributed by atoms with Crippen molar-refractivity contribution in [2.24, 2.45) is 13.0 Å². The highest BCUT2D eigenvalue weighted by Crippen LogP contribution is 2.31. The molecule has 2 rings (SSSR count). The van der Waals surface area contributed by atoms with Gasteiger partial charge in [-0.2, -0.15) is 5.10 Å². The van der Waals surface area contributed by atoms with Crippen molar-refractivity contribution in [2.45, 2.75) is 33.6 Å². The molecule has 1 atom stereocenters. The Balaban J connectivity index is 2.49. The molecular weight excluding hydrogens is 234 g/mol. The quantitative estimate of drug-likeness (QED) is 0.910. The van der Waals surface area contributed by atoms with Crippen LogP contribution in [0.15, 0.2) is 24.3 Å². The van der Waals surface area contributed by atoms with Gasteiger partial charge in [0.15, 0.2) is 0 Å². The summed E-state index contributed by atoms with van der Waals surface area (Å²) in [5.74, 6) is 1.38. The average Bonchev–Trinajstić information content (AvgIpc) is 2.64. The van der Waals surface area contributed by atoms with Crippen LogP contribution in [0.25, 0.3) is 11.1 Å². The Morgan fingerprint density at radius 2 is 2.11 bits per heavy atom. The Hall–Kier alpha value is -1.77. The minimum absolute atomic E-state index is 0.623. The van der Waals surface area contributed by atoms with E-state index < -0.39 is 0 Å². The molecule has 1 unspecified atom stereocenters. The van der Waals surface area contributed by atoms with E-state index in [2.05, 4.69) is 50.1 Å². The van der Waals surface area contributed by atoms with Crippen molar-refractivity contribution >= 4 is 5.82 Å². The summed E-state index contributed by atoms with van der Waals surface area (Å²) in [7, 11) is 1.91. The highest BCUT2D eigenvalue weighted by molar-refractivity contribution is 5.77. The number of aryl methyl sites for hydroxylation is 2. The first-order chi connectivity index (χ1) is 9.02. The Labute approximate surface area is 115 Å². The van der Waals surface area contributed by atoms with Crippen molar-refractivity contribution in [3.05, 3.63) is 35.5 Å². The van der Waals surface area contributed by atoms with Gasteiger partial charge in [0, 0.05) is 12.6 Å². The molecule has 0 saturated carbocycles. The lowest BCUT2D eigenvalue weighted by atomic mass is 9.96. The number of aromatic nitrogens is 2. The highest BCUT2D eigenvalue weighted by atomic mass is 15.3. The maximum atomic E-state index is 6.20. The van der Waals surface area contributed by atoms with Crippen LogP contribution in [0.4, 0.5) is 5.82 Å². The summed E-state index contributed by atoms with van der Waals surface area (Å²) in [6.07, 6.45) is 2.13. The van der Waals surface area contributed by atoms with E-state index in [0.29, 0.717) is 5.92 Å². The second-order valence-electron chi connectivity index (χ2n) is 5.42. The third-order valence-corrected chi connectivity index (χ3v) is 3.71. The molecule has 0 saturated heterocycles. The molecule has 19 heavy (non-hydrogen) atoms. The van der Waals surface area contributed by atoms with Crippen LogP contribution in [0.1, 0.15) is 31.5 Å². The van der Waals surface area contributed by atoms with E-state index >= 15 is 0 Å². The Kier molecular flexibility index (Phi) is 3.93.